The minimum Gasteiger partial charge on any atom is -0.490 e. The molecule has 1 atom stereocenters. The van der Waals surface area contributed by atoms with Crippen LogP contribution in [0.2, 0.25) is 0 Å². The number of rotatable bonds is 6. The molecular formula is C16H24N2O2. The Morgan fingerprint density at radius 2 is 2.00 bits per heavy atom. The van der Waals surface area contributed by atoms with Gasteiger partial charge in [-0.2, -0.15) is 0 Å². The van der Waals surface area contributed by atoms with E-state index < -0.39 is 6.10 Å². The molecule has 1 aromatic heterocycles. The zero-order valence-electron chi connectivity index (χ0n) is 12.7. The second-order valence-electron chi connectivity index (χ2n) is 5.70. The molecule has 0 aliphatic carbocycles. The highest BCUT2D eigenvalue weighted by Crippen LogP contribution is 2.28. The topological polar surface area (TPSA) is 57.3 Å². The fourth-order valence-corrected chi connectivity index (χ4v) is 2.22. The van der Waals surface area contributed by atoms with E-state index in [1.807, 2.05) is 19.9 Å². The summed E-state index contributed by atoms with van der Waals surface area (Å²) >= 11 is 0. The number of fused-ring (bicyclic) bond motifs is 1. The third-order valence-electron chi connectivity index (χ3n) is 3.17. The third kappa shape index (κ3) is 3.74. The lowest BCUT2D eigenvalue weighted by atomic mass is 10.1. The molecule has 2 aromatic rings. The summed E-state index contributed by atoms with van der Waals surface area (Å²) in [6.07, 6.45) is -0.506. The lowest BCUT2D eigenvalue weighted by Gasteiger charge is -2.15. The molecule has 20 heavy (non-hydrogen) atoms. The van der Waals surface area contributed by atoms with Crippen molar-refractivity contribution in [2.45, 2.75) is 39.8 Å². The van der Waals surface area contributed by atoms with Gasteiger partial charge in [0, 0.05) is 29.2 Å². The largest absolute Gasteiger partial charge is 0.490 e. The van der Waals surface area contributed by atoms with Crippen LogP contribution in [0.5, 0.6) is 5.75 Å². The number of aromatic amines is 1. The van der Waals surface area contributed by atoms with Crippen LogP contribution in [0.1, 0.15) is 25.1 Å². The Balaban J connectivity index is 2.05. The summed E-state index contributed by atoms with van der Waals surface area (Å²) in [7, 11) is 0. The summed E-state index contributed by atoms with van der Waals surface area (Å²) in [5, 5.41) is 14.2. The Morgan fingerprint density at radius 3 is 2.70 bits per heavy atom. The van der Waals surface area contributed by atoms with Crippen LogP contribution >= 0.6 is 0 Å². The van der Waals surface area contributed by atoms with Crippen molar-refractivity contribution in [1.82, 2.24) is 10.3 Å². The number of hydrogen-bond acceptors (Lipinski definition) is 3. The quantitative estimate of drug-likeness (QED) is 0.760. The number of benzene rings is 1. The molecule has 0 fully saturated rings. The molecule has 0 aliphatic rings. The Morgan fingerprint density at radius 1 is 1.25 bits per heavy atom. The lowest BCUT2D eigenvalue weighted by molar-refractivity contribution is 0.105. The van der Waals surface area contributed by atoms with Gasteiger partial charge < -0.3 is 20.1 Å². The predicted octanol–water partition coefficient (Wildman–Crippen LogP) is 2.52. The summed E-state index contributed by atoms with van der Waals surface area (Å²) in [5.41, 5.74) is 3.33. The number of nitrogens with one attached hydrogen (secondary N) is 2. The minimum absolute atomic E-state index is 0.294. The number of aromatic nitrogens is 1. The second-order valence-corrected chi connectivity index (χ2v) is 5.70. The highest BCUT2D eigenvalue weighted by molar-refractivity contribution is 5.87. The number of H-pyrrole nitrogens is 1. The van der Waals surface area contributed by atoms with Crippen molar-refractivity contribution in [2.75, 3.05) is 13.2 Å². The van der Waals surface area contributed by atoms with Crippen LogP contribution in [0.3, 0.4) is 0 Å². The van der Waals surface area contributed by atoms with Crippen LogP contribution in [0.15, 0.2) is 18.2 Å². The van der Waals surface area contributed by atoms with Gasteiger partial charge in [0.1, 0.15) is 18.5 Å². The maximum atomic E-state index is 9.91. The number of hydrogen-bond donors (Lipinski definition) is 3. The average Bonchev–Trinajstić information content (AvgIpc) is 2.73. The van der Waals surface area contributed by atoms with Crippen molar-refractivity contribution >= 4 is 10.9 Å². The highest BCUT2D eigenvalue weighted by Gasteiger charge is 2.10. The first-order valence-electron chi connectivity index (χ1n) is 7.10. The maximum Gasteiger partial charge on any atom is 0.129 e. The van der Waals surface area contributed by atoms with Crippen LogP contribution < -0.4 is 10.1 Å². The number of aliphatic hydroxyl groups is 1. The van der Waals surface area contributed by atoms with E-state index in [0.29, 0.717) is 19.2 Å². The van der Waals surface area contributed by atoms with E-state index in [-0.39, 0.29) is 0 Å². The fraction of sp³-hybridized carbons (Fsp3) is 0.500. The summed E-state index contributed by atoms with van der Waals surface area (Å²) in [4.78, 5) is 3.31. The molecule has 1 heterocycles. The van der Waals surface area contributed by atoms with Crippen molar-refractivity contribution in [3.8, 4) is 5.75 Å². The van der Waals surface area contributed by atoms with Crippen molar-refractivity contribution in [1.29, 1.82) is 0 Å². The normalized spacial score (nSPS) is 13.1. The Bertz CT molecular complexity index is 575. The number of aryl methyl sites for hydroxylation is 2. The maximum absolute atomic E-state index is 9.91. The molecule has 0 amide bonds. The van der Waals surface area contributed by atoms with Gasteiger partial charge in [-0.1, -0.05) is 13.8 Å². The molecule has 0 saturated heterocycles. The van der Waals surface area contributed by atoms with Gasteiger partial charge in [-0.15, -0.1) is 0 Å². The molecule has 1 aromatic carbocycles. The van der Waals surface area contributed by atoms with E-state index in [9.17, 15) is 5.11 Å². The van der Waals surface area contributed by atoms with E-state index in [0.717, 1.165) is 27.9 Å². The summed E-state index contributed by atoms with van der Waals surface area (Å²) < 4.78 is 5.80. The molecule has 0 aliphatic heterocycles. The van der Waals surface area contributed by atoms with E-state index in [1.165, 1.54) is 0 Å². The number of ether oxygens (including phenoxy) is 1. The fourth-order valence-electron chi connectivity index (χ4n) is 2.22. The third-order valence-corrected chi connectivity index (χ3v) is 3.17. The van der Waals surface area contributed by atoms with Crippen molar-refractivity contribution in [3.63, 3.8) is 0 Å². The molecule has 0 radical (unpaired) electrons. The van der Waals surface area contributed by atoms with Gasteiger partial charge in [0.15, 0.2) is 0 Å². The average molecular weight is 276 g/mol. The van der Waals surface area contributed by atoms with Crippen molar-refractivity contribution < 1.29 is 9.84 Å². The van der Waals surface area contributed by atoms with E-state index >= 15 is 0 Å². The van der Waals surface area contributed by atoms with Crippen molar-refractivity contribution in [2.24, 2.45) is 0 Å². The summed E-state index contributed by atoms with van der Waals surface area (Å²) in [5.74, 6) is 0.827. The van der Waals surface area contributed by atoms with Gasteiger partial charge in [0.2, 0.25) is 0 Å². The molecule has 110 valence electrons. The van der Waals surface area contributed by atoms with E-state index in [2.05, 4.69) is 36.3 Å². The second kappa shape index (κ2) is 6.29. The zero-order valence-corrected chi connectivity index (χ0v) is 12.7. The smallest absolute Gasteiger partial charge is 0.129 e. The predicted molar refractivity (Wildman–Crippen MR) is 82.4 cm³/mol. The van der Waals surface area contributed by atoms with Gasteiger partial charge in [-0.05, 0) is 37.6 Å². The molecule has 0 bridgehead atoms. The molecule has 4 nitrogen and oxygen atoms in total. The number of aliphatic hydroxyl groups excluding tert-OH is 1. The van der Waals surface area contributed by atoms with Crippen LogP contribution in [0, 0.1) is 13.8 Å². The molecule has 2 rings (SSSR count). The first-order valence-corrected chi connectivity index (χ1v) is 7.10. The van der Waals surface area contributed by atoms with Crippen LogP contribution in [0.25, 0.3) is 10.9 Å². The van der Waals surface area contributed by atoms with Gasteiger partial charge in [-0.25, -0.2) is 0 Å². The molecule has 1 unspecified atom stereocenters. The van der Waals surface area contributed by atoms with E-state index in [1.54, 1.807) is 0 Å². The van der Waals surface area contributed by atoms with Gasteiger partial charge in [-0.3, -0.25) is 0 Å². The van der Waals surface area contributed by atoms with Gasteiger partial charge in [0.05, 0.1) is 0 Å². The Hall–Kier alpha value is -1.52. The minimum atomic E-state index is -0.506. The first kappa shape index (κ1) is 14.9. The SMILES string of the molecule is Cc1cc(OCC(O)CNC(C)C)c2cc(C)[nH]c2c1. The Kier molecular flexibility index (Phi) is 4.68. The highest BCUT2D eigenvalue weighted by atomic mass is 16.5. The molecule has 0 spiro atoms. The lowest BCUT2D eigenvalue weighted by Crippen LogP contribution is -2.35. The van der Waals surface area contributed by atoms with Crippen LogP contribution in [-0.2, 0) is 0 Å². The molecule has 3 N–H and O–H groups in total. The summed E-state index contributed by atoms with van der Waals surface area (Å²) in [6, 6.07) is 6.55. The Labute approximate surface area is 120 Å². The first-order chi connectivity index (χ1) is 9.45. The zero-order chi connectivity index (χ0) is 14.7. The molecule has 4 heteroatoms. The molecular weight excluding hydrogens is 252 g/mol. The summed E-state index contributed by atoms with van der Waals surface area (Å²) in [6.45, 7) is 9.02. The molecule has 0 saturated carbocycles. The van der Waals surface area contributed by atoms with Gasteiger partial charge >= 0.3 is 0 Å². The monoisotopic (exact) mass is 276 g/mol. The van der Waals surface area contributed by atoms with Crippen LogP contribution in [-0.4, -0.2) is 35.4 Å². The van der Waals surface area contributed by atoms with E-state index in [4.69, 9.17) is 4.74 Å². The standard InChI is InChI=1S/C16H24N2O2/c1-10(2)17-8-13(19)9-20-16-6-11(3)5-15-14(16)7-12(4)18-15/h5-7,10,13,17-19H,8-9H2,1-4H3. The van der Waals surface area contributed by atoms with Crippen molar-refractivity contribution in [3.05, 3.63) is 29.5 Å². The van der Waals surface area contributed by atoms with Crippen LogP contribution in [0.4, 0.5) is 0 Å². The van der Waals surface area contributed by atoms with Gasteiger partial charge in [0.25, 0.3) is 0 Å².